The number of hydrogen-bond acceptors (Lipinski definition) is 3. The molecule has 0 atom stereocenters. The maximum absolute atomic E-state index is 4.99. The first kappa shape index (κ1) is 8.08. The van der Waals surface area contributed by atoms with Crippen LogP contribution in [0.5, 0.6) is 5.88 Å². The summed E-state index contributed by atoms with van der Waals surface area (Å²) in [5.74, 6) is 0.543. The van der Waals surface area contributed by atoms with Gasteiger partial charge in [-0.3, -0.25) is 0 Å². The quantitative estimate of drug-likeness (QED) is 0.474. The second-order valence-corrected chi connectivity index (χ2v) is 1.84. The summed E-state index contributed by atoms with van der Waals surface area (Å²) in [7, 11) is 1.28. The van der Waals surface area contributed by atoms with Crippen molar-refractivity contribution in [1.29, 1.82) is 0 Å². The van der Waals surface area contributed by atoms with Crippen LogP contribution in [-0.2, 0) is 4.65 Å². The van der Waals surface area contributed by atoms with Crippen LogP contribution in [0, 0.1) is 0 Å². The van der Waals surface area contributed by atoms with Gasteiger partial charge in [-0.15, -0.1) is 0 Å². The standard InChI is InChI=1S/C7H9BNO2/c1-2-10-8-11-7-5-3-4-6-9-7/h3-6H,2H2,1H3. The molecule has 4 heteroatoms. The number of rotatable bonds is 4. The van der Waals surface area contributed by atoms with Crippen LogP contribution in [0.25, 0.3) is 0 Å². The Morgan fingerprint density at radius 3 is 3.09 bits per heavy atom. The normalized spacial score (nSPS) is 9.18. The molecular formula is C7H9BNO2. The summed E-state index contributed by atoms with van der Waals surface area (Å²) in [5, 5.41) is 0. The van der Waals surface area contributed by atoms with Gasteiger partial charge >= 0.3 is 7.69 Å². The van der Waals surface area contributed by atoms with E-state index < -0.39 is 0 Å². The SMILES string of the molecule is CCO[B]Oc1ccccn1. The molecule has 1 aromatic rings. The Morgan fingerprint density at radius 1 is 1.55 bits per heavy atom. The third-order valence-corrected chi connectivity index (χ3v) is 1.04. The van der Waals surface area contributed by atoms with Crippen LogP contribution in [0.2, 0.25) is 0 Å². The molecule has 3 nitrogen and oxygen atoms in total. The summed E-state index contributed by atoms with van der Waals surface area (Å²) in [4.78, 5) is 3.92. The number of hydrogen-bond donors (Lipinski definition) is 0. The zero-order chi connectivity index (χ0) is 7.94. The zero-order valence-corrected chi connectivity index (χ0v) is 6.36. The summed E-state index contributed by atoms with van der Waals surface area (Å²) in [6.45, 7) is 2.49. The Labute approximate surface area is 66.7 Å². The number of aromatic nitrogens is 1. The van der Waals surface area contributed by atoms with E-state index in [2.05, 4.69) is 4.98 Å². The van der Waals surface area contributed by atoms with E-state index in [1.165, 1.54) is 7.69 Å². The first-order chi connectivity index (χ1) is 5.43. The maximum atomic E-state index is 4.99. The Bertz CT molecular complexity index is 193. The van der Waals surface area contributed by atoms with E-state index in [0.29, 0.717) is 12.5 Å². The molecule has 1 radical (unpaired) electrons. The van der Waals surface area contributed by atoms with Crippen molar-refractivity contribution in [3.05, 3.63) is 24.4 Å². The van der Waals surface area contributed by atoms with Gasteiger partial charge in [0.05, 0.1) is 0 Å². The average Bonchev–Trinajstić information content (AvgIpc) is 2.07. The van der Waals surface area contributed by atoms with Gasteiger partial charge in [0.25, 0.3) is 0 Å². The minimum atomic E-state index is 0.543. The fourth-order valence-electron chi connectivity index (χ4n) is 0.568. The molecule has 0 bridgehead atoms. The highest BCUT2D eigenvalue weighted by molar-refractivity contribution is 6.19. The van der Waals surface area contributed by atoms with Crippen molar-refractivity contribution in [1.82, 2.24) is 4.98 Å². The highest BCUT2D eigenvalue weighted by Gasteiger charge is 1.95. The lowest BCUT2D eigenvalue weighted by Gasteiger charge is -2.00. The molecule has 0 unspecified atom stereocenters. The zero-order valence-electron chi connectivity index (χ0n) is 6.36. The van der Waals surface area contributed by atoms with Crippen molar-refractivity contribution >= 4 is 7.69 Å². The molecule has 0 aliphatic heterocycles. The van der Waals surface area contributed by atoms with Crippen molar-refractivity contribution in [2.24, 2.45) is 0 Å². The second-order valence-electron chi connectivity index (χ2n) is 1.84. The van der Waals surface area contributed by atoms with Crippen molar-refractivity contribution in [2.45, 2.75) is 6.92 Å². The predicted molar refractivity (Wildman–Crippen MR) is 42.2 cm³/mol. The molecular weight excluding hydrogens is 141 g/mol. The van der Waals surface area contributed by atoms with Gasteiger partial charge in [-0.05, 0) is 19.1 Å². The van der Waals surface area contributed by atoms with Gasteiger partial charge in [0.2, 0.25) is 0 Å². The lowest BCUT2D eigenvalue weighted by atomic mass is 10.4. The first-order valence-corrected chi connectivity index (χ1v) is 3.44. The molecule has 0 saturated carbocycles. The third-order valence-electron chi connectivity index (χ3n) is 1.04. The molecule has 0 aromatic carbocycles. The van der Waals surface area contributed by atoms with Gasteiger partial charge in [-0.2, -0.15) is 0 Å². The Kier molecular flexibility index (Phi) is 3.48. The second kappa shape index (κ2) is 4.74. The van der Waals surface area contributed by atoms with E-state index in [-0.39, 0.29) is 0 Å². The molecule has 1 heterocycles. The Morgan fingerprint density at radius 2 is 2.45 bits per heavy atom. The number of pyridine rings is 1. The summed E-state index contributed by atoms with van der Waals surface area (Å²) >= 11 is 0. The van der Waals surface area contributed by atoms with Gasteiger partial charge in [0.1, 0.15) is 0 Å². The molecule has 11 heavy (non-hydrogen) atoms. The predicted octanol–water partition coefficient (Wildman–Crippen LogP) is 1.03. The van der Waals surface area contributed by atoms with Crippen LogP contribution in [0.15, 0.2) is 24.4 Å². The van der Waals surface area contributed by atoms with E-state index in [0.717, 1.165) is 0 Å². The van der Waals surface area contributed by atoms with Crippen molar-refractivity contribution in [3.8, 4) is 5.88 Å². The molecule has 57 valence electrons. The first-order valence-electron chi connectivity index (χ1n) is 3.44. The van der Waals surface area contributed by atoms with Crippen LogP contribution in [0.4, 0.5) is 0 Å². The van der Waals surface area contributed by atoms with Crippen LogP contribution in [-0.4, -0.2) is 19.3 Å². The fourth-order valence-corrected chi connectivity index (χ4v) is 0.568. The average molecular weight is 150 g/mol. The minimum Gasteiger partial charge on any atom is -0.523 e. The largest absolute Gasteiger partial charge is 0.573 e. The molecule has 0 aliphatic rings. The Hall–Kier alpha value is -1.03. The van der Waals surface area contributed by atoms with E-state index in [9.17, 15) is 0 Å². The van der Waals surface area contributed by atoms with Crippen LogP contribution in [0.3, 0.4) is 0 Å². The van der Waals surface area contributed by atoms with E-state index in [1.807, 2.05) is 19.1 Å². The lowest BCUT2D eigenvalue weighted by Crippen LogP contribution is -2.07. The van der Waals surface area contributed by atoms with Gasteiger partial charge in [0, 0.05) is 12.8 Å². The molecule has 0 aliphatic carbocycles. The molecule has 0 saturated heterocycles. The van der Waals surface area contributed by atoms with E-state index in [1.54, 1.807) is 12.3 Å². The summed E-state index contributed by atoms with van der Waals surface area (Å²) in [6, 6.07) is 5.44. The maximum Gasteiger partial charge on any atom is 0.573 e. The lowest BCUT2D eigenvalue weighted by molar-refractivity contribution is 0.305. The van der Waals surface area contributed by atoms with Crippen LogP contribution >= 0.6 is 0 Å². The van der Waals surface area contributed by atoms with Gasteiger partial charge < -0.3 is 9.31 Å². The molecule has 0 fully saturated rings. The molecule has 0 amide bonds. The van der Waals surface area contributed by atoms with E-state index in [4.69, 9.17) is 9.31 Å². The van der Waals surface area contributed by atoms with Gasteiger partial charge in [0.15, 0.2) is 5.88 Å². The molecule has 1 aromatic heterocycles. The highest BCUT2D eigenvalue weighted by atomic mass is 16.6. The van der Waals surface area contributed by atoms with Crippen molar-refractivity contribution in [3.63, 3.8) is 0 Å². The van der Waals surface area contributed by atoms with Crippen molar-refractivity contribution < 1.29 is 9.31 Å². The molecule has 0 spiro atoms. The van der Waals surface area contributed by atoms with Crippen molar-refractivity contribution in [2.75, 3.05) is 6.61 Å². The fraction of sp³-hybridized carbons (Fsp3) is 0.286. The van der Waals surface area contributed by atoms with E-state index >= 15 is 0 Å². The van der Waals surface area contributed by atoms with Crippen LogP contribution in [0.1, 0.15) is 6.92 Å². The summed E-state index contributed by atoms with van der Waals surface area (Å²) in [6.07, 6.45) is 1.66. The smallest absolute Gasteiger partial charge is 0.523 e. The van der Waals surface area contributed by atoms with Gasteiger partial charge in [-0.25, -0.2) is 4.98 Å². The summed E-state index contributed by atoms with van der Waals surface area (Å²) in [5.41, 5.74) is 0. The topological polar surface area (TPSA) is 31.4 Å². The Balaban J connectivity index is 2.28. The highest BCUT2D eigenvalue weighted by Crippen LogP contribution is 2.01. The van der Waals surface area contributed by atoms with Gasteiger partial charge in [-0.1, -0.05) is 6.07 Å². The minimum absolute atomic E-state index is 0.543. The molecule has 1 rings (SSSR count). The number of nitrogens with zero attached hydrogens (tertiary/aromatic N) is 1. The van der Waals surface area contributed by atoms with Crippen LogP contribution < -0.4 is 4.65 Å². The summed E-state index contributed by atoms with van der Waals surface area (Å²) < 4.78 is 9.84. The monoisotopic (exact) mass is 150 g/mol. The molecule has 0 N–H and O–H groups in total. The third kappa shape index (κ3) is 3.04.